The molecule has 11 heteroatoms. The summed E-state index contributed by atoms with van der Waals surface area (Å²) in [4.78, 5) is 33.4. The average molecular weight is 482 g/mol. The summed E-state index contributed by atoms with van der Waals surface area (Å²) in [5.41, 5.74) is 0.998. The molecule has 2 aromatic rings. The maximum atomic E-state index is 12.8. The van der Waals surface area contributed by atoms with Crippen LogP contribution >= 0.6 is 22.9 Å². The number of halogens is 1. The fraction of sp³-hybridized carbons (Fsp3) is 0.476. The molecular formula is C21H28ClN5O4S. The monoisotopic (exact) mass is 481 g/mol. The van der Waals surface area contributed by atoms with Crippen molar-refractivity contribution in [2.75, 3.05) is 65.0 Å². The summed E-state index contributed by atoms with van der Waals surface area (Å²) >= 11 is 7.25. The smallest absolute Gasteiger partial charge is 0.322 e. The van der Waals surface area contributed by atoms with Gasteiger partial charge in [0.2, 0.25) is 0 Å². The van der Waals surface area contributed by atoms with Crippen LogP contribution in [0.3, 0.4) is 0 Å². The van der Waals surface area contributed by atoms with E-state index in [1.54, 1.807) is 41.7 Å². The fourth-order valence-electron chi connectivity index (χ4n) is 3.08. The zero-order chi connectivity index (χ0) is 22.8. The zero-order valence-electron chi connectivity index (χ0n) is 18.0. The Balaban J connectivity index is 1.52. The SMILES string of the molecule is COCCN(Cc1nc(C(=O)NCCN2CCOCC2)cs1)C(=O)Nc1ccc(Cl)cc1. The maximum Gasteiger partial charge on any atom is 0.322 e. The van der Waals surface area contributed by atoms with Crippen LogP contribution in [-0.2, 0) is 16.0 Å². The number of carbonyl (C=O) groups excluding carboxylic acids is 2. The molecule has 3 amide bonds. The Morgan fingerprint density at radius 2 is 2.03 bits per heavy atom. The lowest BCUT2D eigenvalue weighted by atomic mass is 10.3. The summed E-state index contributed by atoms with van der Waals surface area (Å²) < 4.78 is 10.5. The number of carbonyl (C=O) groups is 2. The van der Waals surface area contributed by atoms with E-state index in [-0.39, 0.29) is 18.5 Å². The number of morpholine rings is 1. The van der Waals surface area contributed by atoms with Crippen LogP contribution in [0.2, 0.25) is 5.02 Å². The standard InChI is InChI=1S/C21H28ClN5O4S/c1-30-11-10-27(21(29)24-17-4-2-16(22)3-5-17)14-19-25-18(15-32-19)20(28)23-6-7-26-8-12-31-13-9-26/h2-5,15H,6-14H2,1H3,(H,23,28)(H,24,29). The number of urea groups is 1. The summed E-state index contributed by atoms with van der Waals surface area (Å²) in [6.45, 7) is 5.59. The summed E-state index contributed by atoms with van der Waals surface area (Å²) in [7, 11) is 1.58. The van der Waals surface area contributed by atoms with Gasteiger partial charge in [0.05, 0.1) is 26.4 Å². The number of ether oxygens (including phenoxy) is 2. The van der Waals surface area contributed by atoms with E-state index in [2.05, 4.69) is 20.5 Å². The second-order valence-electron chi connectivity index (χ2n) is 7.19. The molecule has 174 valence electrons. The lowest BCUT2D eigenvalue weighted by Crippen LogP contribution is -2.41. The Morgan fingerprint density at radius 1 is 1.28 bits per heavy atom. The molecule has 0 aliphatic carbocycles. The number of rotatable bonds is 10. The minimum atomic E-state index is -0.281. The molecule has 1 aromatic carbocycles. The van der Waals surface area contributed by atoms with E-state index in [1.807, 2.05) is 0 Å². The number of anilines is 1. The van der Waals surface area contributed by atoms with Crippen molar-refractivity contribution in [3.63, 3.8) is 0 Å². The number of methoxy groups -OCH3 is 1. The number of hydrogen-bond acceptors (Lipinski definition) is 7. The van der Waals surface area contributed by atoms with Gasteiger partial charge in [-0.2, -0.15) is 0 Å². The van der Waals surface area contributed by atoms with Crippen LogP contribution in [0.5, 0.6) is 0 Å². The first-order valence-electron chi connectivity index (χ1n) is 10.4. The predicted molar refractivity (Wildman–Crippen MR) is 124 cm³/mol. The van der Waals surface area contributed by atoms with E-state index in [0.717, 1.165) is 32.8 Å². The third-order valence-corrected chi connectivity index (χ3v) is 5.96. The van der Waals surface area contributed by atoms with Gasteiger partial charge in [0.15, 0.2) is 0 Å². The molecule has 1 aliphatic heterocycles. The summed E-state index contributed by atoms with van der Waals surface area (Å²) in [6, 6.07) is 6.61. The van der Waals surface area contributed by atoms with Crippen molar-refractivity contribution < 1.29 is 19.1 Å². The average Bonchev–Trinajstić information content (AvgIpc) is 3.27. The molecule has 9 nitrogen and oxygen atoms in total. The largest absolute Gasteiger partial charge is 0.383 e. The number of hydrogen-bond donors (Lipinski definition) is 2. The summed E-state index contributed by atoms with van der Waals surface area (Å²) in [6.07, 6.45) is 0. The Labute approximate surface area is 196 Å². The number of aromatic nitrogens is 1. The first kappa shape index (κ1) is 24.4. The van der Waals surface area contributed by atoms with Crippen molar-refractivity contribution in [3.05, 3.63) is 45.4 Å². The lowest BCUT2D eigenvalue weighted by molar-refractivity contribution is 0.0383. The molecule has 1 saturated heterocycles. The highest BCUT2D eigenvalue weighted by Crippen LogP contribution is 2.16. The van der Waals surface area contributed by atoms with Gasteiger partial charge < -0.3 is 25.0 Å². The fourth-order valence-corrected chi connectivity index (χ4v) is 4.00. The third kappa shape index (κ3) is 7.72. The quantitative estimate of drug-likeness (QED) is 0.541. The van der Waals surface area contributed by atoms with Crippen LogP contribution < -0.4 is 10.6 Å². The van der Waals surface area contributed by atoms with Crippen molar-refractivity contribution in [1.82, 2.24) is 20.1 Å². The minimum absolute atomic E-state index is 0.213. The lowest BCUT2D eigenvalue weighted by Gasteiger charge is -2.26. The number of nitrogens with zero attached hydrogens (tertiary/aromatic N) is 3. The second-order valence-corrected chi connectivity index (χ2v) is 8.57. The molecule has 0 atom stereocenters. The van der Waals surface area contributed by atoms with Gasteiger partial charge in [-0.3, -0.25) is 9.69 Å². The van der Waals surface area contributed by atoms with E-state index < -0.39 is 0 Å². The number of benzene rings is 1. The molecule has 2 N–H and O–H groups in total. The molecule has 0 spiro atoms. The van der Waals surface area contributed by atoms with Crippen LogP contribution in [0, 0.1) is 0 Å². The first-order chi connectivity index (χ1) is 15.5. The molecule has 1 aliphatic rings. The van der Waals surface area contributed by atoms with Crippen molar-refractivity contribution in [3.8, 4) is 0 Å². The van der Waals surface area contributed by atoms with Gasteiger partial charge in [-0.25, -0.2) is 9.78 Å². The normalized spacial score (nSPS) is 14.2. The van der Waals surface area contributed by atoms with Crippen molar-refractivity contribution in [1.29, 1.82) is 0 Å². The van der Waals surface area contributed by atoms with Gasteiger partial charge in [0.1, 0.15) is 10.7 Å². The van der Waals surface area contributed by atoms with Gasteiger partial charge in [-0.1, -0.05) is 11.6 Å². The van der Waals surface area contributed by atoms with Crippen molar-refractivity contribution in [2.45, 2.75) is 6.54 Å². The molecule has 0 unspecified atom stereocenters. The van der Waals surface area contributed by atoms with Crippen LogP contribution in [-0.4, -0.2) is 86.4 Å². The Bertz CT molecular complexity index is 873. The van der Waals surface area contributed by atoms with Crippen molar-refractivity contribution in [2.24, 2.45) is 0 Å². The van der Waals surface area contributed by atoms with Gasteiger partial charge >= 0.3 is 6.03 Å². The highest BCUT2D eigenvalue weighted by Gasteiger charge is 2.18. The number of amides is 3. The number of nitrogens with one attached hydrogen (secondary N) is 2. The molecule has 1 aromatic heterocycles. The van der Waals surface area contributed by atoms with Gasteiger partial charge in [0.25, 0.3) is 5.91 Å². The summed E-state index contributed by atoms with van der Waals surface area (Å²) in [5.74, 6) is -0.213. The Hall–Kier alpha value is -2.24. The molecular weight excluding hydrogens is 454 g/mol. The second kappa shape index (κ2) is 12.7. The van der Waals surface area contributed by atoms with Gasteiger partial charge in [-0.15, -0.1) is 11.3 Å². The molecule has 0 radical (unpaired) electrons. The van der Waals surface area contributed by atoms with E-state index in [9.17, 15) is 9.59 Å². The van der Waals surface area contributed by atoms with E-state index in [4.69, 9.17) is 21.1 Å². The highest BCUT2D eigenvalue weighted by molar-refractivity contribution is 7.09. The van der Waals surface area contributed by atoms with Crippen molar-refractivity contribution >= 4 is 40.6 Å². The zero-order valence-corrected chi connectivity index (χ0v) is 19.6. The van der Waals surface area contributed by atoms with E-state index >= 15 is 0 Å². The first-order valence-corrected chi connectivity index (χ1v) is 11.6. The summed E-state index contributed by atoms with van der Waals surface area (Å²) in [5, 5.41) is 8.73. The third-order valence-electron chi connectivity index (χ3n) is 4.88. The molecule has 2 heterocycles. The minimum Gasteiger partial charge on any atom is -0.383 e. The Kier molecular flexibility index (Phi) is 9.69. The highest BCUT2D eigenvalue weighted by atomic mass is 35.5. The molecule has 32 heavy (non-hydrogen) atoms. The topological polar surface area (TPSA) is 96.0 Å². The molecule has 3 rings (SSSR count). The molecule has 0 bridgehead atoms. The van der Waals surface area contributed by atoms with Crippen LogP contribution in [0.25, 0.3) is 0 Å². The Morgan fingerprint density at radius 3 is 2.75 bits per heavy atom. The number of thiazole rings is 1. The van der Waals surface area contributed by atoms with E-state index in [1.165, 1.54) is 11.3 Å². The van der Waals surface area contributed by atoms with Gasteiger partial charge in [-0.05, 0) is 24.3 Å². The molecule has 0 saturated carbocycles. The maximum absolute atomic E-state index is 12.8. The van der Waals surface area contributed by atoms with Gasteiger partial charge in [0, 0.05) is 55.9 Å². The van der Waals surface area contributed by atoms with E-state index in [0.29, 0.717) is 41.1 Å². The predicted octanol–water partition coefficient (Wildman–Crippen LogP) is 2.54. The van der Waals surface area contributed by atoms with Crippen LogP contribution in [0.1, 0.15) is 15.5 Å². The molecule has 1 fully saturated rings. The van der Waals surface area contributed by atoms with Crippen LogP contribution in [0.15, 0.2) is 29.6 Å². The van der Waals surface area contributed by atoms with Crippen LogP contribution in [0.4, 0.5) is 10.5 Å².